The van der Waals surface area contributed by atoms with Gasteiger partial charge in [-0.25, -0.2) is 0 Å². The molecule has 1 fully saturated rings. The maximum atomic E-state index is 3.57. The van der Waals surface area contributed by atoms with E-state index in [0.29, 0.717) is 12.1 Å². The Balaban J connectivity index is 1.99. The lowest BCUT2D eigenvalue weighted by atomic mass is 9.72. The van der Waals surface area contributed by atoms with Crippen molar-refractivity contribution in [3.8, 4) is 0 Å². The van der Waals surface area contributed by atoms with Crippen LogP contribution in [0.25, 0.3) is 0 Å². The molecule has 5 atom stereocenters. The van der Waals surface area contributed by atoms with Crippen LogP contribution in [-0.4, -0.2) is 31.6 Å². The van der Waals surface area contributed by atoms with Gasteiger partial charge in [0.05, 0.1) is 0 Å². The summed E-state index contributed by atoms with van der Waals surface area (Å²) in [5, 5.41) is 5.75. The molecule has 3 heteroatoms. The second kappa shape index (κ2) is 7.06. The highest BCUT2D eigenvalue weighted by Gasteiger charge is 2.34. The van der Waals surface area contributed by atoms with Crippen molar-refractivity contribution in [1.29, 1.82) is 0 Å². The molecule has 5 unspecified atom stereocenters. The molecule has 20 heavy (non-hydrogen) atoms. The van der Waals surface area contributed by atoms with E-state index >= 15 is 0 Å². The molecular formula is C17H30N2S. The van der Waals surface area contributed by atoms with Crippen LogP contribution in [0.1, 0.15) is 44.5 Å². The predicted molar refractivity (Wildman–Crippen MR) is 89.3 cm³/mol. The molecule has 1 N–H and O–H groups in total. The van der Waals surface area contributed by atoms with Crippen LogP contribution >= 0.6 is 11.3 Å². The maximum Gasteiger partial charge on any atom is 0.0410 e. The van der Waals surface area contributed by atoms with Gasteiger partial charge in [0.2, 0.25) is 0 Å². The summed E-state index contributed by atoms with van der Waals surface area (Å²) in [6.45, 7) is 8.36. The molecule has 0 saturated heterocycles. The standard InChI is InChI=1S/C17H30N2S/c1-12-9-13(2)15(16(10-12)18-4)11-19(5)14(3)17-7-6-8-20-17/h6-8,12-16,18H,9-11H2,1-5H3. The van der Waals surface area contributed by atoms with Crippen LogP contribution in [-0.2, 0) is 0 Å². The highest BCUT2D eigenvalue weighted by Crippen LogP contribution is 2.35. The Morgan fingerprint density at radius 1 is 1.40 bits per heavy atom. The largest absolute Gasteiger partial charge is 0.317 e. The smallest absolute Gasteiger partial charge is 0.0410 e. The van der Waals surface area contributed by atoms with E-state index in [9.17, 15) is 0 Å². The average Bonchev–Trinajstić information content (AvgIpc) is 2.94. The molecule has 2 rings (SSSR count). The normalized spacial score (nSPS) is 32.5. The molecule has 0 spiro atoms. The molecule has 0 radical (unpaired) electrons. The number of nitrogens with one attached hydrogen (secondary N) is 1. The van der Waals surface area contributed by atoms with Gasteiger partial charge >= 0.3 is 0 Å². The minimum Gasteiger partial charge on any atom is -0.317 e. The number of rotatable bonds is 5. The van der Waals surface area contributed by atoms with Gasteiger partial charge in [-0.05, 0) is 63.1 Å². The van der Waals surface area contributed by atoms with E-state index in [4.69, 9.17) is 0 Å². The topological polar surface area (TPSA) is 15.3 Å². The predicted octanol–water partition coefficient (Wildman–Crippen LogP) is 4.01. The minimum atomic E-state index is 0.527. The first-order chi connectivity index (χ1) is 9.52. The van der Waals surface area contributed by atoms with Crippen LogP contribution in [0.15, 0.2) is 17.5 Å². The summed E-state index contributed by atoms with van der Waals surface area (Å²) in [6.07, 6.45) is 2.71. The van der Waals surface area contributed by atoms with Crippen molar-refractivity contribution >= 4 is 11.3 Å². The van der Waals surface area contributed by atoms with Gasteiger partial charge in [-0.2, -0.15) is 0 Å². The number of thiophene rings is 1. The third-order valence-electron chi connectivity index (χ3n) is 5.16. The Bertz CT molecular complexity index is 390. The van der Waals surface area contributed by atoms with Crippen LogP contribution in [0.5, 0.6) is 0 Å². The van der Waals surface area contributed by atoms with E-state index < -0.39 is 0 Å². The van der Waals surface area contributed by atoms with Crippen LogP contribution in [0, 0.1) is 17.8 Å². The Labute approximate surface area is 128 Å². The quantitative estimate of drug-likeness (QED) is 0.882. The molecular weight excluding hydrogens is 264 g/mol. The highest BCUT2D eigenvalue weighted by atomic mass is 32.1. The van der Waals surface area contributed by atoms with Crippen molar-refractivity contribution in [3.63, 3.8) is 0 Å². The first-order valence-corrected chi connectivity index (χ1v) is 8.81. The van der Waals surface area contributed by atoms with Gasteiger partial charge in [-0.1, -0.05) is 19.9 Å². The van der Waals surface area contributed by atoms with Crippen molar-refractivity contribution in [2.75, 3.05) is 20.6 Å². The first-order valence-electron chi connectivity index (χ1n) is 7.93. The third kappa shape index (κ3) is 3.63. The Kier molecular flexibility index (Phi) is 5.65. The van der Waals surface area contributed by atoms with Gasteiger partial charge < -0.3 is 5.32 Å². The Morgan fingerprint density at radius 2 is 2.15 bits per heavy atom. The zero-order chi connectivity index (χ0) is 14.7. The Morgan fingerprint density at radius 3 is 2.75 bits per heavy atom. The lowest BCUT2D eigenvalue weighted by molar-refractivity contribution is 0.101. The minimum absolute atomic E-state index is 0.527. The molecule has 0 amide bonds. The zero-order valence-corrected chi connectivity index (χ0v) is 14.4. The molecule has 2 nitrogen and oxygen atoms in total. The van der Waals surface area contributed by atoms with Crippen molar-refractivity contribution in [1.82, 2.24) is 10.2 Å². The summed E-state index contributed by atoms with van der Waals surface area (Å²) in [5.74, 6) is 2.44. The van der Waals surface area contributed by atoms with Crippen molar-refractivity contribution in [2.45, 2.75) is 45.7 Å². The molecule has 1 heterocycles. The molecule has 0 aromatic carbocycles. The molecule has 0 aliphatic heterocycles. The molecule has 114 valence electrons. The average molecular weight is 295 g/mol. The lowest BCUT2D eigenvalue weighted by Crippen LogP contribution is -2.47. The van der Waals surface area contributed by atoms with Crippen molar-refractivity contribution < 1.29 is 0 Å². The molecule has 1 aromatic rings. The van der Waals surface area contributed by atoms with Crippen LogP contribution in [0.2, 0.25) is 0 Å². The number of hydrogen-bond donors (Lipinski definition) is 1. The lowest BCUT2D eigenvalue weighted by Gasteiger charge is -2.42. The molecule has 1 aliphatic rings. The van der Waals surface area contributed by atoms with E-state index in [1.54, 1.807) is 0 Å². The third-order valence-corrected chi connectivity index (χ3v) is 6.21. The van der Waals surface area contributed by atoms with Crippen molar-refractivity contribution in [3.05, 3.63) is 22.4 Å². The summed E-state index contributed by atoms with van der Waals surface area (Å²) in [5.41, 5.74) is 0. The molecule has 0 bridgehead atoms. The number of hydrogen-bond acceptors (Lipinski definition) is 3. The fourth-order valence-corrected chi connectivity index (χ4v) is 4.63. The van der Waals surface area contributed by atoms with Gasteiger partial charge in [0.25, 0.3) is 0 Å². The maximum absolute atomic E-state index is 3.57. The fraction of sp³-hybridized carbons (Fsp3) is 0.765. The molecule has 1 aromatic heterocycles. The van der Waals surface area contributed by atoms with Crippen molar-refractivity contribution in [2.24, 2.45) is 17.8 Å². The molecule has 1 saturated carbocycles. The number of nitrogens with zero attached hydrogens (tertiary/aromatic N) is 1. The van der Waals surface area contributed by atoms with E-state index in [0.717, 1.165) is 17.8 Å². The molecule has 1 aliphatic carbocycles. The van der Waals surface area contributed by atoms with Gasteiger partial charge in [0.15, 0.2) is 0 Å². The van der Waals surface area contributed by atoms with E-state index in [-0.39, 0.29) is 0 Å². The van der Waals surface area contributed by atoms with Gasteiger partial charge in [0, 0.05) is 23.5 Å². The Hall–Kier alpha value is -0.380. The fourth-order valence-electron chi connectivity index (χ4n) is 3.79. The summed E-state index contributed by atoms with van der Waals surface area (Å²) >= 11 is 1.87. The van der Waals surface area contributed by atoms with E-state index in [2.05, 4.69) is 62.6 Å². The summed E-state index contributed by atoms with van der Waals surface area (Å²) in [7, 11) is 4.41. The highest BCUT2D eigenvalue weighted by molar-refractivity contribution is 7.10. The zero-order valence-electron chi connectivity index (χ0n) is 13.6. The summed E-state index contributed by atoms with van der Waals surface area (Å²) in [6, 6.07) is 5.62. The van der Waals surface area contributed by atoms with Gasteiger partial charge in [-0.15, -0.1) is 11.3 Å². The van der Waals surface area contributed by atoms with E-state index in [1.807, 2.05) is 11.3 Å². The van der Waals surface area contributed by atoms with Crippen LogP contribution in [0.3, 0.4) is 0 Å². The summed E-state index contributed by atoms with van der Waals surface area (Å²) in [4.78, 5) is 4.01. The van der Waals surface area contributed by atoms with Gasteiger partial charge in [-0.3, -0.25) is 4.90 Å². The SMILES string of the molecule is CNC1CC(C)CC(C)C1CN(C)C(C)c1cccs1. The monoisotopic (exact) mass is 294 g/mol. The van der Waals surface area contributed by atoms with Crippen LogP contribution in [0.4, 0.5) is 0 Å². The second-order valence-electron chi connectivity index (χ2n) is 6.74. The van der Waals surface area contributed by atoms with Crippen LogP contribution < -0.4 is 5.32 Å². The second-order valence-corrected chi connectivity index (χ2v) is 7.72. The first kappa shape index (κ1) is 16.0. The summed E-state index contributed by atoms with van der Waals surface area (Å²) < 4.78 is 0. The van der Waals surface area contributed by atoms with Gasteiger partial charge in [0.1, 0.15) is 0 Å². The van der Waals surface area contributed by atoms with E-state index in [1.165, 1.54) is 24.3 Å².